The highest BCUT2D eigenvalue weighted by molar-refractivity contribution is 6.43. The zero-order chi connectivity index (χ0) is 15.7. The molecule has 21 heavy (non-hydrogen) atoms. The third-order valence-corrected chi connectivity index (χ3v) is 3.47. The molecule has 0 spiro atoms. The van der Waals surface area contributed by atoms with E-state index >= 15 is 0 Å². The van der Waals surface area contributed by atoms with Gasteiger partial charge in [-0.3, -0.25) is 24.1 Å². The molecule has 0 atom stereocenters. The van der Waals surface area contributed by atoms with Crippen LogP contribution in [0.2, 0.25) is 10.0 Å². The molecule has 1 aromatic carbocycles. The first-order chi connectivity index (χ1) is 9.81. The Balaban J connectivity index is 2.18. The van der Waals surface area contributed by atoms with Gasteiger partial charge in [-0.15, -0.1) is 0 Å². The minimum absolute atomic E-state index is 0.0560. The van der Waals surface area contributed by atoms with Crippen LogP contribution in [0.4, 0.5) is 0 Å². The van der Waals surface area contributed by atoms with Gasteiger partial charge in [0.25, 0.3) is 11.8 Å². The van der Waals surface area contributed by atoms with Gasteiger partial charge in [0.2, 0.25) is 5.91 Å². The third kappa shape index (κ3) is 2.98. The van der Waals surface area contributed by atoms with Gasteiger partial charge in [-0.05, 0) is 12.1 Å². The number of nitrogens with one attached hydrogen (secondary N) is 1. The smallest absolute Gasteiger partial charge is 0.322 e. The molecular weight excluding hydrogens is 323 g/mol. The molecule has 110 valence electrons. The highest BCUT2D eigenvalue weighted by Crippen LogP contribution is 2.31. The molecule has 2 rings (SSSR count). The number of carboxylic acids is 1. The fourth-order valence-corrected chi connectivity index (χ4v) is 2.13. The molecule has 0 unspecified atom stereocenters. The van der Waals surface area contributed by atoms with E-state index < -0.39 is 36.8 Å². The van der Waals surface area contributed by atoms with Crippen molar-refractivity contribution in [2.75, 3.05) is 13.1 Å². The van der Waals surface area contributed by atoms with Crippen LogP contribution in [0.25, 0.3) is 0 Å². The number of carbonyl (C=O) groups excluding carboxylic acids is 3. The van der Waals surface area contributed by atoms with Gasteiger partial charge in [0.05, 0.1) is 21.2 Å². The molecular formula is C12H8Cl2N2O5. The molecule has 1 aromatic rings. The second-order valence-corrected chi connectivity index (χ2v) is 4.99. The van der Waals surface area contributed by atoms with Gasteiger partial charge in [0.1, 0.15) is 13.1 Å². The van der Waals surface area contributed by atoms with Crippen molar-refractivity contribution in [3.8, 4) is 0 Å². The summed E-state index contributed by atoms with van der Waals surface area (Å²) in [5.74, 6) is -3.36. The summed E-state index contributed by atoms with van der Waals surface area (Å²) >= 11 is 11.6. The molecule has 1 aliphatic rings. The molecule has 0 bridgehead atoms. The Morgan fingerprint density at radius 3 is 2.00 bits per heavy atom. The van der Waals surface area contributed by atoms with Gasteiger partial charge in [-0.25, -0.2) is 0 Å². The summed E-state index contributed by atoms with van der Waals surface area (Å²) in [6, 6.07) is 2.52. The van der Waals surface area contributed by atoms with E-state index in [1.165, 1.54) is 12.1 Å². The van der Waals surface area contributed by atoms with E-state index in [4.69, 9.17) is 28.3 Å². The zero-order valence-electron chi connectivity index (χ0n) is 10.4. The summed E-state index contributed by atoms with van der Waals surface area (Å²) in [4.78, 5) is 46.6. The highest BCUT2D eigenvalue weighted by atomic mass is 35.5. The molecule has 2 N–H and O–H groups in total. The van der Waals surface area contributed by atoms with Crippen LogP contribution in [0.3, 0.4) is 0 Å². The maximum absolute atomic E-state index is 12.1. The molecule has 1 heterocycles. The van der Waals surface area contributed by atoms with Crippen LogP contribution in [-0.4, -0.2) is 46.8 Å². The number of nitrogens with zero attached hydrogens (tertiary/aromatic N) is 1. The first-order valence-corrected chi connectivity index (χ1v) is 6.40. The monoisotopic (exact) mass is 330 g/mol. The van der Waals surface area contributed by atoms with E-state index in [0.717, 1.165) is 0 Å². The average Bonchev–Trinajstić information content (AvgIpc) is 2.63. The number of benzene rings is 1. The summed E-state index contributed by atoms with van der Waals surface area (Å²) < 4.78 is 0. The Morgan fingerprint density at radius 1 is 1.10 bits per heavy atom. The molecule has 0 radical (unpaired) electrons. The number of halogens is 2. The summed E-state index contributed by atoms with van der Waals surface area (Å²) in [5, 5.41) is 10.7. The van der Waals surface area contributed by atoms with E-state index in [-0.39, 0.29) is 21.2 Å². The quantitative estimate of drug-likeness (QED) is 0.794. The predicted octanol–water partition coefficient (Wildman–Crippen LogP) is 0.790. The summed E-state index contributed by atoms with van der Waals surface area (Å²) in [6.07, 6.45) is 0. The highest BCUT2D eigenvalue weighted by Gasteiger charge is 2.37. The van der Waals surface area contributed by atoms with E-state index in [1.807, 2.05) is 0 Å². The Morgan fingerprint density at radius 2 is 1.57 bits per heavy atom. The lowest BCUT2D eigenvalue weighted by Crippen LogP contribution is -2.41. The number of amides is 3. The normalized spacial score (nSPS) is 13.3. The van der Waals surface area contributed by atoms with Crippen LogP contribution in [0.1, 0.15) is 20.7 Å². The van der Waals surface area contributed by atoms with Crippen LogP contribution < -0.4 is 5.32 Å². The van der Waals surface area contributed by atoms with Crippen molar-refractivity contribution in [2.45, 2.75) is 0 Å². The van der Waals surface area contributed by atoms with Crippen molar-refractivity contribution in [1.82, 2.24) is 10.2 Å². The van der Waals surface area contributed by atoms with Crippen LogP contribution in [-0.2, 0) is 9.59 Å². The summed E-state index contributed by atoms with van der Waals surface area (Å²) in [7, 11) is 0. The van der Waals surface area contributed by atoms with Gasteiger partial charge >= 0.3 is 5.97 Å². The van der Waals surface area contributed by atoms with Crippen molar-refractivity contribution < 1.29 is 24.3 Å². The first kappa shape index (κ1) is 15.3. The first-order valence-electron chi connectivity index (χ1n) is 5.65. The molecule has 0 saturated carbocycles. The van der Waals surface area contributed by atoms with Gasteiger partial charge in [0, 0.05) is 0 Å². The Hall–Kier alpha value is -2.12. The largest absolute Gasteiger partial charge is 0.480 e. The Kier molecular flexibility index (Phi) is 4.15. The molecule has 0 aliphatic carbocycles. The number of carboxylic acid groups (broad SMARTS) is 1. The van der Waals surface area contributed by atoms with Crippen molar-refractivity contribution in [2.24, 2.45) is 0 Å². The van der Waals surface area contributed by atoms with Gasteiger partial charge in [0.15, 0.2) is 0 Å². The third-order valence-electron chi connectivity index (χ3n) is 2.75. The second kappa shape index (κ2) is 5.71. The maximum atomic E-state index is 12.1. The van der Waals surface area contributed by atoms with Crippen molar-refractivity contribution in [3.05, 3.63) is 33.3 Å². The van der Waals surface area contributed by atoms with Gasteiger partial charge in [-0.2, -0.15) is 0 Å². The van der Waals surface area contributed by atoms with E-state index in [9.17, 15) is 19.2 Å². The number of fused-ring (bicyclic) bond motifs is 1. The standard InChI is InChI=1S/C12H8Cl2N2O5/c13-7-1-5-6(2-8(7)14)12(21)16(11(5)20)4-9(17)15-3-10(18)19/h1-2H,3-4H2,(H,15,17)(H,18,19). The molecule has 0 saturated heterocycles. The summed E-state index contributed by atoms with van der Waals surface area (Å²) in [5.41, 5.74) is 0.112. The van der Waals surface area contributed by atoms with Crippen LogP contribution in [0.15, 0.2) is 12.1 Å². The SMILES string of the molecule is O=C(O)CNC(=O)CN1C(=O)c2cc(Cl)c(Cl)cc2C1=O. The van der Waals surface area contributed by atoms with E-state index in [2.05, 4.69) is 5.32 Å². The minimum Gasteiger partial charge on any atom is -0.480 e. The van der Waals surface area contributed by atoms with Crippen molar-refractivity contribution in [1.29, 1.82) is 0 Å². The number of imide groups is 1. The van der Waals surface area contributed by atoms with Crippen LogP contribution in [0, 0.1) is 0 Å². The molecule has 0 fully saturated rings. The molecule has 3 amide bonds. The lowest BCUT2D eigenvalue weighted by Gasteiger charge is -2.12. The van der Waals surface area contributed by atoms with Crippen LogP contribution >= 0.6 is 23.2 Å². The second-order valence-electron chi connectivity index (χ2n) is 4.18. The lowest BCUT2D eigenvalue weighted by atomic mass is 10.1. The lowest BCUT2D eigenvalue weighted by molar-refractivity contribution is -0.137. The van der Waals surface area contributed by atoms with Crippen molar-refractivity contribution >= 4 is 46.9 Å². The van der Waals surface area contributed by atoms with E-state index in [0.29, 0.717) is 4.90 Å². The number of aliphatic carboxylic acids is 1. The fraction of sp³-hybridized carbons (Fsp3) is 0.167. The summed E-state index contributed by atoms with van der Waals surface area (Å²) in [6.45, 7) is -1.17. The Labute approximate surface area is 128 Å². The van der Waals surface area contributed by atoms with E-state index in [1.54, 1.807) is 0 Å². The molecule has 7 nitrogen and oxygen atoms in total. The Bertz CT molecular complexity index is 633. The number of rotatable bonds is 4. The number of carbonyl (C=O) groups is 4. The molecule has 9 heteroatoms. The minimum atomic E-state index is -1.23. The maximum Gasteiger partial charge on any atom is 0.322 e. The fourth-order valence-electron chi connectivity index (χ4n) is 1.80. The predicted molar refractivity (Wildman–Crippen MR) is 72.5 cm³/mol. The molecule has 0 aromatic heterocycles. The number of hydrogen-bond donors (Lipinski definition) is 2. The molecule has 1 aliphatic heterocycles. The zero-order valence-corrected chi connectivity index (χ0v) is 11.9. The van der Waals surface area contributed by atoms with Gasteiger partial charge in [-0.1, -0.05) is 23.2 Å². The van der Waals surface area contributed by atoms with Crippen LogP contribution in [0.5, 0.6) is 0 Å². The average molecular weight is 331 g/mol. The van der Waals surface area contributed by atoms with Crippen molar-refractivity contribution in [3.63, 3.8) is 0 Å². The van der Waals surface area contributed by atoms with Gasteiger partial charge < -0.3 is 10.4 Å². The topological polar surface area (TPSA) is 104 Å². The number of hydrogen-bond acceptors (Lipinski definition) is 4.